The molecule has 0 saturated heterocycles. The average molecular weight is 240 g/mol. The quantitative estimate of drug-likeness (QED) is 0.557. The second kappa shape index (κ2) is 8.93. The molecule has 0 aromatic heterocycles. The van der Waals surface area contributed by atoms with Gasteiger partial charge in [-0.15, -0.1) is 0 Å². The van der Waals surface area contributed by atoms with E-state index in [0.29, 0.717) is 0 Å². The summed E-state index contributed by atoms with van der Waals surface area (Å²) in [6.07, 6.45) is 9.66. The van der Waals surface area contributed by atoms with Gasteiger partial charge in [-0.3, -0.25) is 0 Å². The topological polar surface area (TPSA) is 15.3 Å². The predicted octanol–water partition coefficient (Wildman–Crippen LogP) is 3.42. The van der Waals surface area contributed by atoms with E-state index < -0.39 is 0 Å². The zero-order valence-corrected chi connectivity index (χ0v) is 12.2. The summed E-state index contributed by atoms with van der Waals surface area (Å²) < 4.78 is 0. The second-order valence-electron chi connectivity index (χ2n) is 5.53. The van der Waals surface area contributed by atoms with Crippen molar-refractivity contribution in [2.75, 3.05) is 19.6 Å². The van der Waals surface area contributed by atoms with Crippen molar-refractivity contribution < 1.29 is 0 Å². The van der Waals surface area contributed by atoms with Crippen LogP contribution in [0.2, 0.25) is 0 Å². The second-order valence-corrected chi connectivity index (χ2v) is 5.53. The molecule has 17 heavy (non-hydrogen) atoms. The first-order chi connectivity index (χ1) is 8.27. The first-order valence-corrected chi connectivity index (χ1v) is 7.75. The largest absolute Gasteiger partial charge is 0.314 e. The Morgan fingerprint density at radius 1 is 1.12 bits per heavy atom. The van der Waals surface area contributed by atoms with Crippen LogP contribution in [-0.4, -0.2) is 36.6 Å². The van der Waals surface area contributed by atoms with E-state index in [-0.39, 0.29) is 0 Å². The van der Waals surface area contributed by atoms with Gasteiger partial charge in [-0.1, -0.05) is 26.7 Å². The predicted molar refractivity (Wildman–Crippen MR) is 76.5 cm³/mol. The Hall–Kier alpha value is -0.0800. The molecular formula is C15H32N2. The third-order valence-corrected chi connectivity index (χ3v) is 4.00. The van der Waals surface area contributed by atoms with E-state index in [1.54, 1.807) is 0 Å². The first kappa shape index (κ1) is 15.0. The summed E-state index contributed by atoms with van der Waals surface area (Å²) in [5.41, 5.74) is 0. The standard InChI is InChI=1S/C15H32N2/c1-4-14(3)17(5-2)13-9-7-6-8-12-16-15-10-11-15/h14-16H,4-13H2,1-3H3. The van der Waals surface area contributed by atoms with Crippen molar-refractivity contribution in [1.29, 1.82) is 0 Å². The van der Waals surface area contributed by atoms with Gasteiger partial charge < -0.3 is 10.2 Å². The monoisotopic (exact) mass is 240 g/mol. The molecular weight excluding hydrogens is 208 g/mol. The molecule has 1 fully saturated rings. The molecule has 0 amide bonds. The summed E-state index contributed by atoms with van der Waals surface area (Å²) in [5.74, 6) is 0. The number of rotatable bonds is 11. The summed E-state index contributed by atoms with van der Waals surface area (Å²) in [6, 6.07) is 1.65. The van der Waals surface area contributed by atoms with Gasteiger partial charge >= 0.3 is 0 Å². The third-order valence-electron chi connectivity index (χ3n) is 4.00. The highest BCUT2D eigenvalue weighted by Crippen LogP contribution is 2.18. The zero-order valence-electron chi connectivity index (χ0n) is 12.2. The lowest BCUT2D eigenvalue weighted by Crippen LogP contribution is -2.33. The molecule has 0 aromatic carbocycles. The number of unbranched alkanes of at least 4 members (excludes halogenated alkanes) is 3. The molecule has 1 unspecified atom stereocenters. The Labute approximate surface area is 108 Å². The molecule has 2 nitrogen and oxygen atoms in total. The normalized spacial score (nSPS) is 17.6. The highest BCUT2D eigenvalue weighted by Gasteiger charge is 2.19. The fraction of sp³-hybridized carbons (Fsp3) is 1.00. The smallest absolute Gasteiger partial charge is 0.00682 e. The Balaban J connectivity index is 1.87. The van der Waals surface area contributed by atoms with E-state index in [4.69, 9.17) is 0 Å². The van der Waals surface area contributed by atoms with Crippen LogP contribution in [0, 0.1) is 0 Å². The maximum absolute atomic E-state index is 3.58. The van der Waals surface area contributed by atoms with E-state index in [9.17, 15) is 0 Å². The van der Waals surface area contributed by atoms with Crippen molar-refractivity contribution in [3.8, 4) is 0 Å². The van der Waals surface area contributed by atoms with Crippen LogP contribution in [0.15, 0.2) is 0 Å². The van der Waals surface area contributed by atoms with Gasteiger partial charge in [0.1, 0.15) is 0 Å². The number of nitrogens with zero attached hydrogens (tertiary/aromatic N) is 1. The van der Waals surface area contributed by atoms with Crippen molar-refractivity contribution in [3.05, 3.63) is 0 Å². The molecule has 0 aliphatic heterocycles. The van der Waals surface area contributed by atoms with Crippen molar-refractivity contribution in [2.45, 2.75) is 77.8 Å². The Kier molecular flexibility index (Phi) is 7.87. The average Bonchev–Trinajstić information content (AvgIpc) is 3.16. The maximum atomic E-state index is 3.58. The summed E-state index contributed by atoms with van der Waals surface area (Å²) in [6.45, 7) is 10.7. The summed E-state index contributed by atoms with van der Waals surface area (Å²) >= 11 is 0. The molecule has 0 spiro atoms. The molecule has 0 heterocycles. The fourth-order valence-corrected chi connectivity index (χ4v) is 2.34. The molecule has 1 aliphatic carbocycles. The SMILES string of the molecule is CCC(C)N(CC)CCCCCCNC1CC1. The van der Waals surface area contributed by atoms with E-state index in [1.165, 1.54) is 64.6 Å². The Bertz CT molecular complexity index is 178. The van der Waals surface area contributed by atoms with Crippen LogP contribution in [0.5, 0.6) is 0 Å². The summed E-state index contributed by atoms with van der Waals surface area (Å²) in [7, 11) is 0. The Morgan fingerprint density at radius 2 is 1.82 bits per heavy atom. The molecule has 0 bridgehead atoms. The van der Waals surface area contributed by atoms with Crippen molar-refractivity contribution in [2.24, 2.45) is 0 Å². The van der Waals surface area contributed by atoms with Gasteiger partial charge in [-0.2, -0.15) is 0 Å². The van der Waals surface area contributed by atoms with Crippen molar-refractivity contribution in [1.82, 2.24) is 10.2 Å². The van der Waals surface area contributed by atoms with Crippen LogP contribution in [0.1, 0.15) is 65.7 Å². The molecule has 0 aromatic rings. The van der Waals surface area contributed by atoms with E-state index in [1.807, 2.05) is 0 Å². The van der Waals surface area contributed by atoms with Crippen LogP contribution >= 0.6 is 0 Å². The van der Waals surface area contributed by atoms with Crippen LogP contribution in [0.25, 0.3) is 0 Å². The molecule has 1 N–H and O–H groups in total. The molecule has 1 atom stereocenters. The number of nitrogens with one attached hydrogen (secondary N) is 1. The van der Waals surface area contributed by atoms with Gasteiger partial charge in [-0.05, 0) is 58.7 Å². The van der Waals surface area contributed by atoms with Gasteiger partial charge in [0.15, 0.2) is 0 Å². The fourth-order valence-electron chi connectivity index (χ4n) is 2.34. The minimum atomic E-state index is 0.761. The zero-order chi connectivity index (χ0) is 12.5. The lowest BCUT2D eigenvalue weighted by atomic mass is 10.1. The summed E-state index contributed by atoms with van der Waals surface area (Å²) in [5, 5.41) is 3.58. The van der Waals surface area contributed by atoms with Gasteiger partial charge in [0, 0.05) is 12.1 Å². The molecule has 2 heteroatoms. The van der Waals surface area contributed by atoms with Gasteiger partial charge in [0.25, 0.3) is 0 Å². The molecule has 1 aliphatic rings. The highest BCUT2D eigenvalue weighted by atomic mass is 15.1. The van der Waals surface area contributed by atoms with Crippen LogP contribution < -0.4 is 5.32 Å². The molecule has 1 saturated carbocycles. The van der Waals surface area contributed by atoms with Crippen LogP contribution in [0.3, 0.4) is 0 Å². The number of hydrogen-bond acceptors (Lipinski definition) is 2. The highest BCUT2D eigenvalue weighted by molar-refractivity contribution is 4.80. The van der Waals surface area contributed by atoms with E-state index in [0.717, 1.165) is 12.1 Å². The lowest BCUT2D eigenvalue weighted by Gasteiger charge is -2.26. The third kappa shape index (κ3) is 7.05. The molecule has 102 valence electrons. The van der Waals surface area contributed by atoms with Gasteiger partial charge in [0.05, 0.1) is 0 Å². The van der Waals surface area contributed by atoms with E-state index in [2.05, 4.69) is 31.0 Å². The van der Waals surface area contributed by atoms with Gasteiger partial charge in [-0.25, -0.2) is 0 Å². The van der Waals surface area contributed by atoms with Gasteiger partial charge in [0.2, 0.25) is 0 Å². The minimum absolute atomic E-state index is 0.761. The molecule has 1 rings (SSSR count). The first-order valence-electron chi connectivity index (χ1n) is 7.75. The van der Waals surface area contributed by atoms with Crippen molar-refractivity contribution in [3.63, 3.8) is 0 Å². The number of hydrogen-bond donors (Lipinski definition) is 1. The minimum Gasteiger partial charge on any atom is -0.314 e. The Morgan fingerprint density at radius 3 is 2.41 bits per heavy atom. The molecule has 0 radical (unpaired) electrons. The van der Waals surface area contributed by atoms with Crippen LogP contribution in [0.4, 0.5) is 0 Å². The lowest BCUT2D eigenvalue weighted by molar-refractivity contribution is 0.210. The van der Waals surface area contributed by atoms with Crippen LogP contribution in [-0.2, 0) is 0 Å². The van der Waals surface area contributed by atoms with E-state index >= 15 is 0 Å². The summed E-state index contributed by atoms with van der Waals surface area (Å²) in [4.78, 5) is 2.61. The van der Waals surface area contributed by atoms with Crippen molar-refractivity contribution >= 4 is 0 Å². The maximum Gasteiger partial charge on any atom is 0.00682 e.